The summed E-state index contributed by atoms with van der Waals surface area (Å²) in [6, 6.07) is 15.2. The van der Waals surface area contributed by atoms with E-state index in [-0.39, 0.29) is 37.4 Å². The molecule has 0 spiro atoms. The molecule has 208 valence electrons. The quantitative estimate of drug-likeness (QED) is 0.405. The molecule has 0 unspecified atom stereocenters. The number of amides is 3. The van der Waals surface area contributed by atoms with Crippen LogP contribution in [0, 0.1) is 26.6 Å². The van der Waals surface area contributed by atoms with Crippen LogP contribution in [0.4, 0.5) is 14.9 Å². The Kier molecular flexibility index (Phi) is 9.73. The lowest BCUT2D eigenvalue weighted by molar-refractivity contribution is -0.133. The van der Waals surface area contributed by atoms with Gasteiger partial charge in [0.05, 0.1) is 19.8 Å². The summed E-state index contributed by atoms with van der Waals surface area (Å²) in [5.74, 6) is 0.823. The van der Waals surface area contributed by atoms with E-state index in [4.69, 9.17) is 9.15 Å². The van der Waals surface area contributed by atoms with Gasteiger partial charge in [0, 0.05) is 38.4 Å². The molecule has 39 heavy (non-hydrogen) atoms. The molecule has 2 heterocycles. The van der Waals surface area contributed by atoms with Gasteiger partial charge in [-0.25, -0.2) is 9.18 Å². The van der Waals surface area contributed by atoms with Crippen molar-refractivity contribution in [2.45, 2.75) is 33.9 Å². The molecule has 0 aliphatic carbocycles. The van der Waals surface area contributed by atoms with Gasteiger partial charge in [0.25, 0.3) is 0 Å². The number of rotatable bonds is 10. The SMILES string of the molecule is Cc1ccc(CN(Cc2ccc(F)cc2)C(=O)CN(CCN2CCOCC2)C(=O)Nc2cccc(C)c2C)o1. The first-order chi connectivity index (χ1) is 18.8. The molecule has 0 bridgehead atoms. The second-order valence-electron chi connectivity index (χ2n) is 9.94. The van der Waals surface area contributed by atoms with E-state index < -0.39 is 0 Å². The maximum atomic E-state index is 13.7. The second-order valence-corrected chi connectivity index (χ2v) is 9.94. The van der Waals surface area contributed by atoms with Crippen LogP contribution in [0.15, 0.2) is 59.0 Å². The Labute approximate surface area is 229 Å². The molecule has 3 amide bonds. The zero-order valence-corrected chi connectivity index (χ0v) is 22.9. The predicted octanol–water partition coefficient (Wildman–Crippen LogP) is 4.74. The lowest BCUT2D eigenvalue weighted by Crippen LogP contribution is -2.48. The third-order valence-electron chi connectivity index (χ3n) is 7.03. The number of benzene rings is 2. The monoisotopic (exact) mass is 536 g/mol. The fourth-order valence-electron chi connectivity index (χ4n) is 4.48. The number of carbonyl (C=O) groups excluding carboxylic acids is 2. The van der Waals surface area contributed by atoms with Crippen LogP contribution in [0.5, 0.6) is 0 Å². The van der Waals surface area contributed by atoms with Crippen LogP contribution in [-0.2, 0) is 22.6 Å². The highest BCUT2D eigenvalue weighted by molar-refractivity contribution is 5.93. The second kappa shape index (κ2) is 13.4. The summed E-state index contributed by atoms with van der Waals surface area (Å²) < 4.78 is 24.7. The van der Waals surface area contributed by atoms with Crippen LogP contribution in [0.3, 0.4) is 0 Å². The van der Waals surface area contributed by atoms with Gasteiger partial charge in [-0.05, 0) is 67.8 Å². The largest absolute Gasteiger partial charge is 0.464 e. The molecule has 1 saturated heterocycles. The first-order valence-electron chi connectivity index (χ1n) is 13.3. The van der Waals surface area contributed by atoms with Crippen LogP contribution in [0.1, 0.15) is 28.2 Å². The minimum absolute atomic E-state index is 0.109. The van der Waals surface area contributed by atoms with E-state index >= 15 is 0 Å². The number of furan rings is 1. The van der Waals surface area contributed by atoms with Gasteiger partial charge in [-0.15, -0.1) is 0 Å². The Bertz CT molecular complexity index is 1250. The third-order valence-corrected chi connectivity index (χ3v) is 7.03. The van der Waals surface area contributed by atoms with Crippen LogP contribution < -0.4 is 5.32 Å². The molecule has 0 atom stereocenters. The van der Waals surface area contributed by atoms with Gasteiger partial charge in [0.15, 0.2) is 0 Å². The number of nitrogens with one attached hydrogen (secondary N) is 1. The summed E-state index contributed by atoms with van der Waals surface area (Å²) in [4.78, 5) is 32.7. The Morgan fingerprint density at radius 2 is 1.69 bits per heavy atom. The average molecular weight is 537 g/mol. The minimum Gasteiger partial charge on any atom is -0.464 e. The molecule has 1 N–H and O–H groups in total. The zero-order chi connectivity index (χ0) is 27.8. The summed E-state index contributed by atoms with van der Waals surface area (Å²) in [7, 11) is 0. The molecule has 1 aliphatic heterocycles. The van der Waals surface area contributed by atoms with Crippen LogP contribution in [0.2, 0.25) is 0 Å². The molecule has 8 nitrogen and oxygen atoms in total. The van der Waals surface area contributed by atoms with Crippen molar-refractivity contribution in [3.8, 4) is 0 Å². The highest BCUT2D eigenvalue weighted by atomic mass is 19.1. The van der Waals surface area contributed by atoms with Gasteiger partial charge >= 0.3 is 6.03 Å². The lowest BCUT2D eigenvalue weighted by atomic mass is 10.1. The molecule has 1 aliphatic rings. The molecular weight excluding hydrogens is 499 g/mol. The first-order valence-corrected chi connectivity index (χ1v) is 13.3. The van der Waals surface area contributed by atoms with E-state index in [1.165, 1.54) is 12.1 Å². The molecular formula is C30H37FN4O4. The Hall–Kier alpha value is -3.69. The fraction of sp³-hybridized carbons (Fsp3) is 0.400. The maximum absolute atomic E-state index is 13.7. The normalized spacial score (nSPS) is 13.7. The number of urea groups is 1. The average Bonchev–Trinajstić information content (AvgIpc) is 3.34. The standard InChI is InChI=1S/C30H37FN4O4/c1-22-5-4-6-28(24(22)3)32-30(37)34(14-13-33-15-17-38-18-16-33)21-29(36)35(20-27-12-7-23(2)39-27)19-25-8-10-26(31)11-9-25/h4-12H,13-21H2,1-3H3,(H,32,37). The van der Waals surface area contributed by atoms with E-state index in [1.54, 1.807) is 21.9 Å². The van der Waals surface area contributed by atoms with Crippen molar-refractivity contribution in [2.75, 3.05) is 51.3 Å². The Balaban J connectivity index is 1.52. The highest BCUT2D eigenvalue weighted by Gasteiger charge is 2.24. The van der Waals surface area contributed by atoms with Gasteiger partial charge in [-0.1, -0.05) is 24.3 Å². The maximum Gasteiger partial charge on any atom is 0.322 e. The fourth-order valence-corrected chi connectivity index (χ4v) is 4.48. The van der Waals surface area contributed by atoms with Crippen molar-refractivity contribution in [3.05, 3.63) is 88.6 Å². The van der Waals surface area contributed by atoms with E-state index in [2.05, 4.69) is 10.2 Å². The van der Waals surface area contributed by atoms with Crippen molar-refractivity contribution in [1.29, 1.82) is 0 Å². The van der Waals surface area contributed by atoms with Gasteiger partial charge in [0.2, 0.25) is 5.91 Å². The molecule has 4 rings (SSSR count). The predicted molar refractivity (Wildman–Crippen MR) is 148 cm³/mol. The van der Waals surface area contributed by atoms with E-state index in [1.807, 2.05) is 51.1 Å². The molecule has 9 heteroatoms. The summed E-state index contributed by atoms with van der Waals surface area (Å²) in [5, 5.41) is 3.00. The van der Waals surface area contributed by atoms with Gasteiger partial charge in [-0.2, -0.15) is 0 Å². The smallest absolute Gasteiger partial charge is 0.322 e. The van der Waals surface area contributed by atoms with Gasteiger partial charge in [-0.3, -0.25) is 9.69 Å². The molecule has 2 aromatic carbocycles. The number of hydrogen-bond donors (Lipinski definition) is 1. The highest BCUT2D eigenvalue weighted by Crippen LogP contribution is 2.19. The minimum atomic E-state index is -0.337. The van der Waals surface area contributed by atoms with E-state index in [9.17, 15) is 14.0 Å². The Morgan fingerprint density at radius 3 is 2.38 bits per heavy atom. The van der Waals surface area contributed by atoms with Crippen molar-refractivity contribution in [1.82, 2.24) is 14.7 Å². The van der Waals surface area contributed by atoms with Crippen molar-refractivity contribution < 1.29 is 23.1 Å². The van der Waals surface area contributed by atoms with E-state index in [0.29, 0.717) is 32.1 Å². The number of morpholine rings is 1. The van der Waals surface area contributed by atoms with Crippen LogP contribution in [0.25, 0.3) is 0 Å². The number of carbonyl (C=O) groups is 2. The first kappa shape index (κ1) is 28.3. The van der Waals surface area contributed by atoms with Gasteiger partial charge in [0.1, 0.15) is 23.9 Å². The molecule has 3 aromatic rings. The number of nitrogens with zero attached hydrogens (tertiary/aromatic N) is 3. The Morgan fingerprint density at radius 1 is 0.949 bits per heavy atom. The molecule has 0 saturated carbocycles. The molecule has 1 fully saturated rings. The summed E-state index contributed by atoms with van der Waals surface area (Å²) in [5.41, 5.74) is 3.56. The van der Waals surface area contributed by atoms with Gasteiger partial charge < -0.3 is 24.3 Å². The number of aryl methyl sites for hydroxylation is 2. The zero-order valence-electron chi connectivity index (χ0n) is 22.9. The number of hydrogen-bond acceptors (Lipinski definition) is 5. The number of anilines is 1. The molecule has 0 radical (unpaired) electrons. The number of halogens is 1. The summed E-state index contributed by atoms with van der Waals surface area (Å²) in [6.07, 6.45) is 0. The van der Waals surface area contributed by atoms with Crippen molar-refractivity contribution in [2.24, 2.45) is 0 Å². The third kappa shape index (κ3) is 8.15. The van der Waals surface area contributed by atoms with Crippen molar-refractivity contribution in [3.63, 3.8) is 0 Å². The van der Waals surface area contributed by atoms with E-state index in [0.717, 1.165) is 41.2 Å². The molecule has 1 aromatic heterocycles. The lowest BCUT2D eigenvalue weighted by Gasteiger charge is -2.31. The van der Waals surface area contributed by atoms with Crippen LogP contribution >= 0.6 is 0 Å². The van der Waals surface area contributed by atoms with Crippen molar-refractivity contribution >= 4 is 17.6 Å². The number of ether oxygens (including phenoxy) is 1. The van der Waals surface area contributed by atoms with Crippen LogP contribution in [-0.4, -0.2) is 72.6 Å². The summed E-state index contributed by atoms with van der Waals surface area (Å²) in [6.45, 7) is 10.1. The summed E-state index contributed by atoms with van der Waals surface area (Å²) >= 11 is 0. The topological polar surface area (TPSA) is 78.3 Å².